The lowest BCUT2D eigenvalue weighted by molar-refractivity contribution is -0.00125. The van der Waals surface area contributed by atoms with Gasteiger partial charge in [-0.05, 0) is 18.1 Å². The Bertz CT molecular complexity index is 685. The summed E-state index contributed by atoms with van der Waals surface area (Å²) in [7, 11) is -1.59. The summed E-state index contributed by atoms with van der Waals surface area (Å²) in [5.74, 6) is -3.98. The molecule has 2 atom stereocenters. The minimum Gasteiger partial charge on any atom is -0.306 e. The maximum absolute atomic E-state index is 14.0. The Morgan fingerprint density at radius 3 is 2.70 bits per heavy atom. The monoisotopic (exact) mass is 371 g/mol. The Balaban J connectivity index is 2.25. The molecule has 0 aliphatic carbocycles. The summed E-state index contributed by atoms with van der Waals surface area (Å²) in [5.41, 5.74) is 0.141. The maximum atomic E-state index is 14.0. The van der Waals surface area contributed by atoms with Crippen molar-refractivity contribution >= 4 is 21.8 Å². The van der Waals surface area contributed by atoms with Crippen LogP contribution in [0.15, 0.2) is 18.2 Å². The highest BCUT2D eigenvalue weighted by molar-refractivity contribution is 7.87. The third-order valence-corrected chi connectivity index (χ3v) is 5.49. The van der Waals surface area contributed by atoms with Crippen LogP contribution in [0, 0.1) is 5.82 Å². The lowest BCUT2D eigenvalue weighted by Gasteiger charge is -2.26. The Morgan fingerprint density at radius 1 is 1.43 bits per heavy atom. The van der Waals surface area contributed by atoms with E-state index in [2.05, 4.69) is 5.32 Å². The van der Waals surface area contributed by atoms with Gasteiger partial charge in [0, 0.05) is 20.1 Å². The quantitative estimate of drug-likeness (QED) is 0.822. The van der Waals surface area contributed by atoms with Gasteiger partial charge in [-0.1, -0.05) is 23.7 Å². The molecular formula is C13H17ClF3N3O2S. The van der Waals surface area contributed by atoms with Gasteiger partial charge in [0.2, 0.25) is 0 Å². The maximum Gasteiger partial charge on any atom is 0.279 e. The average molecular weight is 372 g/mol. The molecule has 5 nitrogen and oxygen atoms in total. The van der Waals surface area contributed by atoms with Crippen LogP contribution in [0.25, 0.3) is 0 Å². The van der Waals surface area contributed by atoms with Gasteiger partial charge in [-0.3, -0.25) is 0 Å². The van der Waals surface area contributed by atoms with Crippen LogP contribution in [0.2, 0.25) is 5.02 Å². The van der Waals surface area contributed by atoms with E-state index in [9.17, 15) is 21.6 Å². The number of nitrogens with one attached hydrogen (secondary N) is 2. The molecule has 0 amide bonds. The Morgan fingerprint density at radius 2 is 2.09 bits per heavy atom. The molecule has 130 valence electrons. The van der Waals surface area contributed by atoms with Crippen LogP contribution < -0.4 is 10.0 Å². The van der Waals surface area contributed by atoms with E-state index >= 15 is 0 Å². The molecule has 23 heavy (non-hydrogen) atoms. The minimum atomic E-state index is -4.05. The molecule has 1 aliphatic heterocycles. The van der Waals surface area contributed by atoms with Crippen molar-refractivity contribution in [2.75, 3.05) is 20.6 Å². The molecular weight excluding hydrogens is 355 g/mol. The summed E-state index contributed by atoms with van der Waals surface area (Å²) in [4.78, 5) is 0. The van der Waals surface area contributed by atoms with Gasteiger partial charge in [-0.25, -0.2) is 13.2 Å². The zero-order valence-corrected chi connectivity index (χ0v) is 14.1. The van der Waals surface area contributed by atoms with Crippen molar-refractivity contribution in [1.82, 2.24) is 14.3 Å². The zero-order valence-electron chi connectivity index (χ0n) is 12.5. The molecule has 1 aliphatic rings. The van der Waals surface area contributed by atoms with Crippen LogP contribution in [0.3, 0.4) is 0 Å². The second-order valence-corrected chi connectivity index (χ2v) is 7.87. The Labute approximate surface area is 138 Å². The predicted molar refractivity (Wildman–Crippen MR) is 81.4 cm³/mol. The average Bonchev–Trinajstić information content (AvgIpc) is 2.71. The first-order valence-electron chi connectivity index (χ1n) is 6.78. The normalized spacial score (nSPS) is 24.3. The summed E-state index contributed by atoms with van der Waals surface area (Å²) in [6.45, 7) is -0.694. The number of halogens is 4. The van der Waals surface area contributed by atoms with Crippen LogP contribution in [-0.4, -0.2) is 51.4 Å². The van der Waals surface area contributed by atoms with E-state index in [-0.39, 0.29) is 17.0 Å². The number of rotatable bonds is 5. The summed E-state index contributed by atoms with van der Waals surface area (Å²) in [5, 5.41) is 2.44. The SMILES string of the molecule is CN(C)S(=O)(=O)N[C@@H]1[C@H](Cc2cccc(Cl)c2F)NCC1(F)F. The molecule has 0 bridgehead atoms. The lowest BCUT2D eigenvalue weighted by Crippen LogP contribution is -2.54. The van der Waals surface area contributed by atoms with E-state index in [0.29, 0.717) is 0 Å². The number of benzene rings is 1. The number of hydrogen-bond acceptors (Lipinski definition) is 3. The van der Waals surface area contributed by atoms with Crippen molar-refractivity contribution in [3.8, 4) is 0 Å². The van der Waals surface area contributed by atoms with Gasteiger partial charge in [0.1, 0.15) is 11.9 Å². The van der Waals surface area contributed by atoms with Crippen molar-refractivity contribution in [2.45, 2.75) is 24.4 Å². The highest BCUT2D eigenvalue weighted by Gasteiger charge is 2.51. The first kappa shape index (κ1) is 18.5. The van der Waals surface area contributed by atoms with E-state index in [1.165, 1.54) is 32.3 Å². The molecule has 1 saturated heterocycles. The fourth-order valence-corrected chi connectivity index (χ4v) is 3.42. The standard InChI is InChI=1S/C13H17ClF3N3O2S/c1-20(2)23(21,22)19-12-10(18-7-13(12,16)17)6-8-4-3-5-9(14)11(8)15/h3-5,10,12,18-19H,6-7H2,1-2H3/t10-,12+/m0/s1. The van der Waals surface area contributed by atoms with E-state index in [1.54, 1.807) is 0 Å². The van der Waals surface area contributed by atoms with Crippen LogP contribution in [0.1, 0.15) is 5.56 Å². The van der Waals surface area contributed by atoms with Gasteiger partial charge in [-0.15, -0.1) is 0 Å². The number of hydrogen-bond donors (Lipinski definition) is 2. The molecule has 10 heteroatoms. The Kier molecular flexibility index (Phi) is 5.27. The van der Waals surface area contributed by atoms with Crippen molar-refractivity contribution < 1.29 is 21.6 Å². The van der Waals surface area contributed by atoms with E-state index < -0.39 is 40.6 Å². The molecule has 0 aromatic heterocycles. The molecule has 2 rings (SSSR count). The van der Waals surface area contributed by atoms with Crippen LogP contribution in [0.4, 0.5) is 13.2 Å². The molecule has 1 fully saturated rings. The minimum absolute atomic E-state index is 0.113. The highest BCUT2D eigenvalue weighted by Crippen LogP contribution is 2.30. The van der Waals surface area contributed by atoms with Gasteiger partial charge < -0.3 is 5.32 Å². The molecule has 1 aromatic rings. The summed E-state index contributed by atoms with van der Waals surface area (Å²) < 4.78 is 68.4. The molecule has 0 saturated carbocycles. The van der Waals surface area contributed by atoms with E-state index in [0.717, 1.165) is 4.31 Å². The van der Waals surface area contributed by atoms with Crippen LogP contribution in [-0.2, 0) is 16.6 Å². The summed E-state index contributed by atoms with van der Waals surface area (Å²) in [6.07, 6.45) is -0.122. The highest BCUT2D eigenvalue weighted by atomic mass is 35.5. The summed E-state index contributed by atoms with van der Waals surface area (Å²) in [6, 6.07) is 1.63. The second-order valence-electron chi connectivity index (χ2n) is 5.55. The van der Waals surface area contributed by atoms with Crippen LogP contribution in [0.5, 0.6) is 0 Å². The van der Waals surface area contributed by atoms with Crippen molar-refractivity contribution in [3.63, 3.8) is 0 Å². The second kappa shape index (κ2) is 6.56. The third kappa shape index (κ3) is 3.97. The van der Waals surface area contributed by atoms with Gasteiger partial charge in [-0.2, -0.15) is 17.4 Å². The zero-order chi connectivity index (χ0) is 17.4. The van der Waals surface area contributed by atoms with Crippen molar-refractivity contribution in [2.24, 2.45) is 0 Å². The fraction of sp³-hybridized carbons (Fsp3) is 0.538. The van der Waals surface area contributed by atoms with Crippen molar-refractivity contribution in [3.05, 3.63) is 34.6 Å². The first-order valence-corrected chi connectivity index (χ1v) is 8.60. The van der Waals surface area contributed by atoms with Gasteiger partial charge in [0.15, 0.2) is 0 Å². The van der Waals surface area contributed by atoms with Crippen LogP contribution >= 0.6 is 11.6 Å². The predicted octanol–water partition coefficient (Wildman–Crippen LogP) is 1.39. The number of alkyl halides is 2. The topological polar surface area (TPSA) is 61.4 Å². The molecule has 0 spiro atoms. The molecule has 0 radical (unpaired) electrons. The molecule has 2 N–H and O–H groups in total. The molecule has 1 heterocycles. The smallest absolute Gasteiger partial charge is 0.279 e. The largest absolute Gasteiger partial charge is 0.306 e. The lowest BCUT2D eigenvalue weighted by atomic mass is 9.99. The summed E-state index contributed by atoms with van der Waals surface area (Å²) >= 11 is 5.68. The Hall–Kier alpha value is -0.870. The van der Waals surface area contributed by atoms with Crippen molar-refractivity contribution in [1.29, 1.82) is 0 Å². The molecule has 1 aromatic carbocycles. The molecule has 0 unspecified atom stereocenters. The first-order chi connectivity index (χ1) is 10.5. The van der Waals surface area contributed by atoms with E-state index in [1.807, 2.05) is 4.72 Å². The third-order valence-electron chi connectivity index (χ3n) is 3.69. The van der Waals surface area contributed by atoms with Gasteiger partial charge in [0.05, 0.1) is 11.6 Å². The number of nitrogens with zero attached hydrogens (tertiary/aromatic N) is 1. The van der Waals surface area contributed by atoms with Gasteiger partial charge >= 0.3 is 0 Å². The van der Waals surface area contributed by atoms with E-state index in [4.69, 9.17) is 11.6 Å². The van der Waals surface area contributed by atoms with Gasteiger partial charge in [0.25, 0.3) is 16.1 Å². The fourth-order valence-electron chi connectivity index (χ4n) is 2.36.